The average molecular weight is 412 g/mol. The van der Waals surface area contributed by atoms with Gasteiger partial charge in [0, 0.05) is 11.4 Å². The SMILES string of the molecule is COc1cc(C(c2c(O)cc(C)[nH]c2=O)c2c(O)cc(C)[nH]c2=O)cc2c1OCO2. The molecule has 0 unspecified atom stereocenters. The maximum absolute atomic E-state index is 12.8. The van der Waals surface area contributed by atoms with Gasteiger partial charge in [0.1, 0.15) is 11.5 Å². The number of aromatic amines is 2. The van der Waals surface area contributed by atoms with Gasteiger partial charge in [-0.3, -0.25) is 9.59 Å². The van der Waals surface area contributed by atoms with Crippen molar-refractivity contribution in [2.45, 2.75) is 19.8 Å². The Morgan fingerprint density at radius 1 is 0.933 bits per heavy atom. The molecule has 4 N–H and O–H groups in total. The van der Waals surface area contributed by atoms with Crippen LogP contribution in [0.15, 0.2) is 33.9 Å². The summed E-state index contributed by atoms with van der Waals surface area (Å²) >= 11 is 0. The summed E-state index contributed by atoms with van der Waals surface area (Å²) in [6, 6.07) is 5.93. The van der Waals surface area contributed by atoms with Gasteiger partial charge in [0.2, 0.25) is 12.5 Å². The third-order valence-corrected chi connectivity index (χ3v) is 4.96. The fourth-order valence-electron chi connectivity index (χ4n) is 3.72. The Bertz CT molecular complexity index is 1190. The van der Waals surface area contributed by atoms with Crippen LogP contribution in [-0.4, -0.2) is 34.1 Å². The van der Waals surface area contributed by atoms with Crippen LogP contribution in [0.5, 0.6) is 28.7 Å². The highest BCUT2D eigenvalue weighted by Gasteiger charge is 2.32. The Labute approximate surface area is 170 Å². The van der Waals surface area contributed by atoms with Gasteiger partial charge in [0.25, 0.3) is 11.1 Å². The zero-order valence-electron chi connectivity index (χ0n) is 16.5. The van der Waals surface area contributed by atoms with Gasteiger partial charge in [-0.15, -0.1) is 0 Å². The quantitative estimate of drug-likeness (QED) is 0.515. The lowest BCUT2D eigenvalue weighted by molar-refractivity contribution is 0.171. The number of aryl methyl sites for hydroxylation is 2. The van der Waals surface area contributed by atoms with Gasteiger partial charge in [-0.25, -0.2) is 0 Å². The van der Waals surface area contributed by atoms with Gasteiger partial charge in [-0.05, 0) is 43.7 Å². The molecule has 1 aromatic carbocycles. The van der Waals surface area contributed by atoms with Crippen molar-refractivity contribution in [3.05, 3.63) is 73.1 Å². The summed E-state index contributed by atoms with van der Waals surface area (Å²) in [6.07, 6.45) is 0. The molecule has 0 saturated heterocycles. The number of fused-ring (bicyclic) bond motifs is 1. The molecule has 9 nitrogen and oxygen atoms in total. The van der Waals surface area contributed by atoms with Crippen molar-refractivity contribution in [2.75, 3.05) is 13.9 Å². The van der Waals surface area contributed by atoms with Crippen LogP contribution in [0.3, 0.4) is 0 Å². The number of methoxy groups -OCH3 is 1. The molecule has 4 rings (SSSR count). The van der Waals surface area contributed by atoms with E-state index in [1.807, 2.05) is 0 Å². The molecular formula is C21H20N2O7. The van der Waals surface area contributed by atoms with E-state index in [1.165, 1.54) is 19.2 Å². The van der Waals surface area contributed by atoms with Crippen LogP contribution in [-0.2, 0) is 0 Å². The molecule has 0 fully saturated rings. The van der Waals surface area contributed by atoms with Crippen molar-refractivity contribution in [1.82, 2.24) is 9.97 Å². The van der Waals surface area contributed by atoms with Crippen molar-refractivity contribution < 1.29 is 24.4 Å². The minimum Gasteiger partial charge on any atom is -0.507 e. The molecule has 0 atom stereocenters. The van der Waals surface area contributed by atoms with Gasteiger partial charge in [-0.2, -0.15) is 0 Å². The van der Waals surface area contributed by atoms with Gasteiger partial charge in [0.05, 0.1) is 24.2 Å². The topological polar surface area (TPSA) is 134 Å². The maximum atomic E-state index is 12.8. The van der Waals surface area contributed by atoms with Crippen LogP contribution in [0.4, 0.5) is 0 Å². The second kappa shape index (κ2) is 7.18. The molecule has 0 spiro atoms. The Morgan fingerprint density at radius 2 is 1.50 bits per heavy atom. The number of rotatable bonds is 4. The number of H-pyrrole nitrogens is 2. The molecule has 0 radical (unpaired) electrons. The summed E-state index contributed by atoms with van der Waals surface area (Å²) in [7, 11) is 1.45. The first kappa shape index (κ1) is 19.4. The predicted octanol–water partition coefficient (Wildman–Crippen LogP) is 2.01. The largest absolute Gasteiger partial charge is 0.507 e. The van der Waals surface area contributed by atoms with Crippen LogP contribution < -0.4 is 25.3 Å². The molecule has 9 heteroatoms. The summed E-state index contributed by atoms with van der Waals surface area (Å²) < 4.78 is 16.3. The first-order valence-electron chi connectivity index (χ1n) is 9.13. The number of ether oxygens (including phenoxy) is 3. The van der Waals surface area contributed by atoms with E-state index in [0.717, 1.165) is 0 Å². The minimum atomic E-state index is -1.11. The van der Waals surface area contributed by atoms with Crippen molar-refractivity contribution in [3.8, 4) is 28.7 Å². The van der Waals surface area contributed by atoms with E-state index in [9.17, 15) is 19.8 Å². The molecule has 2 aromatic heterocycles. The van der Waals surface area contributed by atoms with E-state index < -0.39 is 17.0 Å². The minimum absolute atomic E-state index is 0.00740. The summed E-state index contributed by atoms with van der Waals surface area (Å²) in [5.41, 5.74) is -0.0691. The highest BCUT2D eigenvalue weighted by atomic mass is 16.7. The first-order chi connectivity index (χ1) is 14.3. The van der Waals surface area contributed by atoms with Crippen molar-refractivity contribution in [3.63, 3.8) is 0 Å². The van der Waals surface area contributed by atoms with Crippen LogP contribution in [0.2, 0.25) is 0 Å². The van der Waals surface area contributed by atoms with Crippen LogP contribution >= 0.6 is 0 Å². The maximum Gasteiger partial charge on any atom is 0.256 e. The van der Waals surface area contributed by atoms with Crippen LogP contribution in [0.1, 0.15) is 34.0 Å². The number of aromatic hydroxyl groups is 2. The molecule has 1 aliphatic rings. The summed E-state index contributed by atoms with van der Waals surface area (Å²) in [6.45, 7) is 3.24. The zero-order valence-corrected chi connectivity index (χ0v) is 16.5. The number of hydrogen-bond acceptors (Lipinski definition) is 7. The van der Waals surface area contributed by atoms with E-state index in [2.05, 4.69) is 9.97 Å². The van der Waals surface area contributed by atoms with Crippen LogP contribution in [0.25, 0.3) is 0 Å². The molecule has 30 heavy (non-hydrogen) atoms. The lowest BCUT2D eigenvalue weighted by Gasteiger charge is -2.21. The Morgan fingerprint density at radius 3 is 2.00 bits per heavy atom. The molecule has 0 amide bonds. The highest BCUT2D eigenvalue weighted by molar-refractivity contribution is 5.60. The normalized spacial score (nSPS) is 12.4. The monoisotopic (exact) mass is 412 g/mol. The predicted molar refractivity (Wildman–Crippen MR) is 107 cm³/mol. The number of hydrogen-bond donors (Lipinski definition) is 4. The van der Waals surface area contributed by atoms with Gasteiger partial charge < -0.3 is 34.4 Å². The fourth-order valence-corrected chi connectivity index (χ4v) is 3.72. The standard InChI is InChI=1S/C21H20N2O7/c1-9-4-12(24)17(20(26)22-9)16(18-13(25)5-10(2)23-21(18)27)11-6-14(28-3)19-15(7-11)29-8-30-19/h4-7,16H,8H2,1-3H3,(H2,22,24,26)(H2,23,25,27). The molecular weight excluding hydrogens is 392 g/mol. The summed E-state index contributed by atoms with van der Waals surface area (Å²) in [5, 5.41) is 21.2. The van der Waals surface area contributed by atoms with E-state index >= 15 is 0 Å². The second-order valence-electron chi connectivity index (χ2n) is 7.05. The van der Waals surface area contributed by atoms with Gasteiger partial charge in [-0.1, -0.05) is 0 Å². The van der Waals surface area contributed by atoms with Gasteiger partial charge >= 0.3 is 0 Å². The lowest BCUT2D eigenvalue weighted by atomic mass is 9.84. The molecule has 0 bridgehead atoms. The molecule has 1 aliphatic heterocycles. The van der Waals surface area contributed by atoms with E-state index in [4.69, 9.17) is 14.2 Å². The Balaban J connectivity index is 2.07. The van der Waals surface area contributed by atoms with Crippen LogP contribution in [0, 0.1) is 13.8 Å². The number of nitrogens with one attached hydrogen (secondary N) is 2. The Kier molecular flexibility index (Phi) is 4.65. The number of pyridine rings is 2. The van der Waals surface area contributed by atoms with Crippen molar-refractivity contribution in [2.24, 2.45) is 0 Å². The fraction of sp³-hybridized carbons (Fsp3) is 0.238. The smallest absolute Gasteiger partial charge is 0.256 e. The third-order valence-electron chi connectivity index (χ3n) is 4.96. The summed E-state index contributed by atoms with van der Waals surface area (Å²) in [5.74, 6) is -0.642. The third kappa shape index (κ3) is 3.14. The van der Waals surface area contributed by atoms with E-state index in [1.54, 1.807) is 26.0 Å². The molecule has 156 valence electrons. The Hall–Kier alpha value is -3.88. The van der Waals surface area contributed by atoms with E-state index in [-0.39, 0.29) is 29.4 Å². The molecule has 3 heterocycles. The molecule has 0 aliphatic carbocycles. The molecule has 0 saturated carbocycles. The number of aromatic nitrogens is 2. The average Bonchev–Trinajstić information content (AvgIpc) is 3.13. The summed E-state index contributed by atoms with van der Waals surface area (Å²) in [4.78, 5) is 30.9. The van der Waals surface area contributed by atoms with Crippen molar-refractivity contribution in [1.29, 1.82) is 0 Å². The van der Waals surface area contributed by atoms with Gasteiger partial charge in [0.15, 0.2) is 11.5 Å². The first-order valence-corrected chi connectivity index (χ1v) is 9.13. The second-order valence-corrected chi connectivity index (χ2v) is 7.05. The highest BCUT2D eigenvalue weighted by Crippen LogP contribution is 2.46. The van der Waals surface area contributed by atoms with Crippen molar-refractivity contribution >= 4 is 0 Å². The lowest BCUT2D eigenvalue weighted by Crippen LogP contribution is -2.25. The number of benzene rings is 1. The molecule has 3 aromatic rings. The van der Waals surface area contributed by atoms with E-state index in [0.29, 0.717) is 34.2 Å². The zero-order chi connectivity index (χ0) is 21.6.